The van der Waals surface area contributed by atoms with Gasteiger partial charge in [0.25, 0.3) is 0 Å². The van der Waals surface area contributed by atoms with E-state index in [1.54, 1.807) is 24.3 Å². The van der Waals surface area contributed by atoms with Crippen LogP contribution < -0.4 is 0 Å². The monoisotopic (exact) mass is 226 g/mol. The van der Waals surface area contributed by atoms with Gasteiger partial charge in [-0.05, 0) is 5.56 Å². The number of benzene rings is 2. The number of hydrogen-bond donors (Lipinski definition) is 0. The molecular weight excluding hydrogens is 216 g/mol. The summed E-state index contributed by atoms with van der Waals surface area (Å²) in [6.07, 6.45) is 0. The molecule has 1 aliphatic carbocycles. The van der Waals surface area contributed by atoms with Gasteiger partial charge in [-0.25, -0.2) is 0 Å². The van der Waals surface area contributed by atoms with E-state index in [1.165, 1.54) is 0 Å². The highest BCUT2D eigenvalue weighted by Crippen LogP contribution is 2.33. The summed E-state index contributed by atoms with van der Waals surface area (Å²) < 4.78 is 0. The number of Topliss-reactive ketones (excluding diaryl/α,β-unsaturated/α-hetero) is 2. The molecule has 0 amide bonds. The van der Waals surface area contributed by atoms with Crippen molar-refractivity contribution >= 4 is 11.6 Å². The Bertz CT molecular complexity index is 564. The first-order chi connectivity index (χ1) is 8.29. The number of carbonyl (C=O) groups is 2. The van der Waals surface area contributed by atoms with Gasteiger partial charge in [0.15, 0.2) is 11.6 Å². The van der Waals surface area contributed by atoms with Crippen molar-refractivity contribution in [1.82, 2.24) is 0 Å². The van der Waals surface area contributed by atoms with E-state index >= 15 is 0 Å². The first-order valence-electron chi connectivity index (χ1n) is 5.51. The Labute approximate surface area is 98.9 Å². The Morgan fingerprint density at radius 1 is 0.647 bits per heavy atom. The van der Waals surface area contributed by atoms with E-state index in [1.807, 2.05) is 30.3 Å². The highest BCUT2D eigenvalue weighted by molar-refractivity contribution is 6.29. The lowest BCUT2D eigenvalue weighted by atomic mass is 9.95. The molecule has 0 saturated carbocycles. The van der Waals surface area contributed by atoms with Crippen LogP contribution in [0.1, 0.15) is 32.2 Å². The molecule has 2 heteroatoms. The van der Waals surface area contributed by atoms with Crippen LogP contribution in [0.15, 0.2) is 54.6 Å². The van der Waals surface area contributed by atoms with E-state index in [4.69, 9.17) is 0 Å². The van der Waals surface area contributed by atoms with Crippen LogP contribution in [0.5, 0.6) is 0 Å². The molecule has 0 N–H and O–H groups in total. The van der Waals surface area contributed by atoms with E-state index in [-0.39, 0.29) is 11.6 Å². The lowest BCUT2D eigenvalue weighted by Crippen LogP contribution is -2.12. The number of carbonyl (C=O) groups excluding carboxylic acids is 2. The van der Waals surface area contributed by atoms with E-state index < -0.39 is 5.92 Å². The summed E-state index contributed by atoms with van der Waals surface area (Å²) in [6, 6.07) is 16.2. The lowest BCUT2D eigenvalue weighted by molar-refractivity contribution is 0.0890. The molecule has 82 valence electrons. The van der Waals surface area contributed by atoms with E-state index in [2.05, 4.69) is 0 Å². The number of ketones is 2. The third-order valence-electron chi connectivity index (χ3n) is 3.12. The number of rotatable bonds is 1. The van der Waals surface area contributed by atoms with E-state index in [0.717, 1.165) is 5.56 Å². The van der Waals surface area contributed by atoms with Gasteiger partial charge in [-0.15, -0.1) is 0 Å². The summed E-state index contributed by atoms with van der Waals surface area (Å²) in [4.78, 5) is 24.4. The molecule has 0 radical (unpaired) electrons. The van der Waals surface area contributed by atoms with Crippen LogP contribution in [-0.4, -0.2) is 11.6 Å². The van der Waals surface area contributed by atoms with Crippen molar-refractivity contribution in [2.75, 3.05) is 0 Å². The van der Waals surface area contributed by atoms with E-state index in [0.29, 0.717) is 11.1 Å². The van der Waals surface area contributed by atoms with Crippen molar-refractivity contribution in [2.45, 2.75) is 5.92 Å². The van der Waals surface area contributed by atoms with Crippen LogP contribution in [0.25, 0.3) is 0 Å². The van der Waals surface area contributed by atoms with E-state index in [9.17, 15) is 9.59 Å². The van der Waals surface area contributed by atoms with Crippen molar-refractivity contribution in [3.8, 4) is 0 Å². The van der Waals surface area contributed by atoms with Gasteiger partial charge < -0.3 is 0 Å². The van der Waals surface area contributed by atoms with Gasteiger partial charge in [-0.3, -0.25) is 9.59 Å². The van der Waals surface area contributed by atoms with Crippen molar-refractivity contribution in [3.05, 3.63) is 71.3 Å². The van der Waals surface area contributed by atoms with Crippen molar-refractivity contribution in [3.63, 3.8) is 0 Å². The molecule has 0 aliphatic heterocycles. The molecule has 0 saturated heterocycles. The average Bonchev–Trinajstić information content (AvgIpc) is 2.64. The summed E-state index contributed by atoms with van der Waals surface area (Å²) in [5.41, 5.74) is 1.87. The standard InChI is InChI=1S/C15H10O2/c16-14-11-8-4-5-9-12(11)15(17)13(14)10-6-2-1-3-7-10/h1-9,13H/i16+2,17+2. The second-order valence-corrected chi connectivity index (χ2v) is 4.12. The molecule has 0 fully saturated rings. The number of fused-ring (bicyclic) bond motifs is 1. The van der Waals surface area contributed by atoms with Gasteiger partial charge >= 0.3 is 0 Å². The fourth-order valence-electron chi connectivity index (χ4n) is 2.29. The Hall–Kier alpha value is -2.22. The molecule has 17 heavy (non-hydrogen) atoms. The molecule has 2 aromatic carbocycles. The smallest absolute Gasteiger partial charge is 0.178 e. The molecule has 0 atom stereocenters. The maximum absolute atomic E-state index is 12.2. The summed E-state index contributed by atoms with van der Waals surface area (Å²) in [7, 11) is 0. The van der Waals surface area contributed by atoms with Crippen LogP contribution in [-0.2, 0) is 0 Å². The predicted octanol–water partition coefficient (Wildman–Crippen LogP) is 2.85. The van der Waals surface area contributed by atoms with Crippen LogP contribution in [0, 0.1) is 0 Å². The van der Waals surface area contributed by atoms with Crippen molar-refractivity contribution in [1.29, 1.82) is 0 Å². The summed E-state index contributed by atoms with van der Waals surface area (Å²) in [5.74, 6) is -0.817. The average molecular weight is 226 g/mol. The minimum atomic E-state index is -0.645. The molecule has 0 unspecified atom stereocenters. The predicted molar refractivity (Wildman–Crippen MR) is 64.3 cm³/mol. The van der Waals surface area contributed by atoms with Crippen molar-refractivity contribution in [2.24, 2.45) is 0 Å². The summed E-state index contributed by atoms with van der Waals surface area (Å²) in [5, 5.41) is 0. The minimum Gasteiger partial charge on any atom is -0.293 e. The zero-order valence-electron chi connectivity index (χ0n) is 9.09. The maximum atomic E-state index is 12.2. The fourth-order valence-corrected chi connectivity index (χ4v) is 2.29. The third-order valence-corrected chi connectivity index (χ3v) is 3.12. The second kappa shape index (κ2) is 3.67. The third kappa shape index (κ3) is 1.41. The Kier molecular flexibility index (Phi) is 2.15. The number of hydrogen-bond acceptors (Lipinski definition) is 2. The maximum Gasteiger partial charge on any atom is 0.178 e. The first kappa shape index (κ1) is 9.97. The quantitative estimate of drug-likeness (QED) is 0.553. The highest BCUT2D eigenvalue weighted by atomic mass is 18.1. The highest BCUT2D eigenvalue weighted by Gasteiger charge is 2.38. The Morgan fingerprint density at radius 3 is 1.65 bits per heavy atom. The zero-order chi connectivity index (χ0) is 11.8. The molecular formula is C15H10O2. The molecule has 1 aliphatic rings. The van der Waals surface area contributed by atoms with Gasteiger partial charge in [0.2, 0.25) is 0 Å². The molecule has 0 aromatic heterocycles. The minimum absolute atomic E-state index is 0.0863. The topological polar surface area (TPSA) is 34.1 Å². The largest absolute Gasteiger partial charge is 0.293 e. The van der Waals surface area contributed by atoms with Crippen LogP contribution in [0.2, 0.25) is 0 Å². The molecule has 2 aromatic rings. The SMILES string of the molecule is [18O]=C1c2ccccc2C(=[18O])C1c1ccccc1. The fraction of sp³-hybridized carbons (Fsp3) is 0.0667. The van der Waals surface area contributed by atoms with Gasteiger partial charge in [0.1, 0.15) is 5.92 Å². The molecule has 0 heterocycles. The Balaban J connectivity index is 2.13. The Morgan fingerprint density at radius 2 is 1.12 bits per heavy atom. The molecule has 0 bridgehead atoms. The molecule has 0 spiro atoms. The van der Waals surface area contributed by atoms with Gasteiger partial charge in [-0.2, -0.15) is 0 Å². The van der Waals surface area contributed by atoms with Crippen LogP contribution >= 0.6 is 0 Å². The van der Waals surface area contributed by atoms with Crippen LogP contribution in [0.4, 0.5) is 0 Å². The van der Waals surface area contributed by atoms with Crippen molar-refractivity contribution < 1.29 is 9.59 Å². The summed E-state index contributed by atoms with van der Waals surface area (Å²) >= 11 is 0. The van der Waals surface area contributed by atoms with Gasteiger partial charge in [0.05, 0.1) is 0 Å². The van der Waals surface area contributed by atoms with Gasteiger partial charge in [0, 0.05) is 11.1 Å². The first-order valence-corrected chi connectivity index (χ1v) is 5.51. The van der Waals surface area contributed by atoms with Crippen LogP contribution in [0.3, 0.4) is 0 Å². The second-order valence-electron chi connectivity index (χ2n) is 4.12. The zero-order valence-corrected chi connectivity index (χ0v) is 9.09. The normalized spacial score (nSPS) is 15.1. The summed E-state index contributed by atoms with van der Waals surface area (Å²) in [6.45, 7) is 0. The van der Waals surface area contributed by atoms with Gasteiger partial charge in [-0.1, -0.05) is 54.6 Å². The molecule has 2 nitrogen and oxygen atoms in total. The molecule has 3 rings (SSSR count). The lowest BCUT2D eigenvalue weighted by Gasteiger charge is -2.05.